The molecule has 2 aromatic rings. The summed E-state index contributed by atoms with van der Waals surface area (Å²) in [5.41, 5.74) is 2.19. The van der Waals surface area contributed by atoms with Crippen LogP contribution in [-0.4, -0.2) is 4.98 Å². The van der Waals surface area contributed by atoms with Gasteiger partial charge in [-0.1, -0.05) is 26.8 Å². The molecule has 0 spiro atoms. The van der Waals surface area contributed by atoms with Crippen LogP contribution in [0.1, 0.15) is 31.3 Å². The number of hydrogen-bond acceptors (Lipinski definition) is 4. The van der Waals surface area contributed by atoms with Crippen molar-refractivity contribution in [2.75, 3.05) is 0 Å². The van der Waals surface area contributed by atoms with Crippen molar-refractivity contribution in [3.05, 3.63) is 28.8 Å². The Kier molecular flexibility index (Phi) is 2.97. The Morgan fingerprint density at radius 1 is 1.38 bits per heavy atom. The van der Waals surface area contributed by atoms with Crippen LogP contribution in [0.4, 0.5) is 0 Å². The molecule has 86 valence electrons. The second-order valence-corrected chi connectivity index (χ2v) is 5.91. The molecule has 0 saturated heterocycles. The first-order valence-corrected chi connectivity index (χ1v) is 6.04. The van der Waals surface area contributed by atoms with E-state index in [0.29, 0.717) is 6.61 Å². The molecule has 16 heavy (non-hydrogen) atoms. The lowest BCUT2D eigenvalue weighted by Gasteiger charge is -2.13. The molecular formula is C12H16N2OS. The Labute approximate surface area is 99.2 Å². The summed E-state index contributed by atoms with van der Waals surface area (Å²) in [6.45, 7) is 6.95. The summed E-state index contributed by atoms with van der Waals surface area (Å²) in [5, 5.41) is 1.16. The Morgan fingerprint density at radius 2 is 2.12 bits per heavy atom. The summed E-state index contributed by atoms with van der Waals surface area (Å²) < 4.78 is 1.21. The normalized spacial score (nSPS) is 12.2. The first kappa shape index (κ1) is 11.5. The molecule has 2 rings (SSSR count). The summed E-state index contributed by atoms with van der Waals surface area (Å²) in [7, 11) is 0. The van der Waals surface area contributed by atoms with Gasteiger partial charge in [-0.05, 0) is 17.7 Å². The minimum atomic E-state index is 0.105. The Balaban J connectivity index is 2.46. The van der Waals surface area contributed by atoms with Crippen LogP contribution in [0.25, 0.3) is 10.2 Å². The lowest BCUT2D eigenvalue weighted by Crippen LogP contribution is -2.09. The van der Waals surface area contributed by atoms with Gasteiger partial charge in [0.2, 0.25) is 0 Å². The lowest BCUT2D eigenvalue weighted by atomic mass is 9.98. The molecular weight excluding hydrogens is 220 g/mol. The van der Waals surface area contributed by atoms with E-state index in [4.69, 9.17) is 5.90 Å². The largest absolute Gasteiger partial charge is 0.300 e. The molecule has 0 atom stereocenters. The summed E-state index contributed by atoms with van der Waals surface area (Å²) in [6, 6.07) is 6.14. The maximum Gasteiger partial charge on any atom is 0.0992 e. The maximum absolute atomic E-state index is 5.06. The van der Waals surface area contributed by atoms with Crippen LogP contribution in [0.3, 0.4) is 0 Å². The third-order valence-corrected chi connectivity index (χ3v) is 3.81. The maximum atomic E-state index is 5.06. The molecule has 0 aliphatic heterocycles. The van der Waals surface area contributed by atoms with Crippen molar-refractivity contribution in [2.45, 2.75) is 32.8 Å². The number of nitrogens with two attached hydrogens (primary N) is 1. The van der Waals surface area contributed by atoms with Crippen LogP contribution >= 0.6 is 11.3 Å². The fraction of sp³-hybridized carbons (Fsp3) is 0.417. The van der Waals surface area contributed by atoms with Gasteiger partial charge in [-0.3, -0.25) is 4.84 Å². The Hall–Kier alpha value is -0.970. The molecule has 2 N–H and O–H groups in total. The van der Waals surface area contributed by atoms with Gasteiger partial charge in [0.25, 0.3) is 0 Å². The third-order valence-electron chi connectivity index (χ3n) is 2.34. The van der Waals surface area contributed by atoms with Crippen LogP contribution in [0.2, 0.25) is 0 Å². The number of hydrogen-bond donors (Lipinski definition) is 1. The van der Waals surface area contributed by atoms with Crippen molar-refractivity contribution in [1.29, 1.82) is 0 Å². The van der Waals surface area contributed by atoms with E-state index >= 15 is 0 Å². The van der Waals surface area contributed by atoms with Crippen LogP contribution in [0, 0.1) is 0 Å². The van der Waals surface area contributed by atoms with Gasteiger partial charge in [0.05, 0.1) is 21.8 Å². The third kappa shape index (κ3) is 2.24. The highest BCUT2D eigenvalue weighted by Crippen LogP contribution is 2.31. The minimum absolute atomic E-state index is 0.105. The van der Waals surface area contributed by atoms with Crippen LogP contribution in [-0.2, 0) is 16.9 Å². The number of nitrogens with zero attached hydrogens (tertiary/aromatic N) is 1. The Morgan fingerprint density at radius 3 is 2.75 bits per heavy atom. The van der Waals surface area contributed by atoms with E-state index in [-0.39, 0.29) is 5.41 Å². The summed E-state index contributed by atoms with van der Waals surface area (Å²) in [4.78, 5) is 9.28. The van der Waals surface area contributed by atoms with E-state index in [0.717, 1.165) is 16.1 Å². The molecule has 0 aliphatic rings. The van der Waals surface area contributed by atoms with Crippen molar-refractivity contribution in [1.82, 2.24) is 4.98 Å². The number of aromatic nitrogens is 1. The van der Waals surface area contributed by atoms with Gasteiger partial charge in [0, 0.05) is 5.41 Å². The second kappa shape index (κ2) is 4.13. The molecule has 1 aromatic heterocycles. The average Bonchev–Trinajstić information content (AvgIpc) is 2.60. The zero-order chi connectivity index (χ0) is 11.8. The van der Waals surface area contributed by atoms with E-state index in [1.165, 1.54) is 4.70 Å². The van der Waals surface area contributed by atoms with Crippen molar-refractivity contribution >= 4 is 21.6 Å². The quantitative estimate of drug-likeness (QED) is 0.815. The standard InChI is InChI=1S/C12H16N2OS/c1-12(2,3)11-14-9-6-8(7-15-13)4-5-10(9)16-11/h4-6H,7,13H2,1-3H3. The molecule has 0 bridgehead atoms. The number of thiazole rings is 1. The average molecular weight is 236 g/mol. The van der Waals surface area contributed by atoms with Crippen molar-refractivity contribution in [3.63, 3.8) is 0 Å². The first-order chi connectivity index (χ1) is 7.50. The molecule has 0 radical (unpaired) electrons. The van der Waals surface area contributed by atoms with Crippen molar-refractivity contribution in [3.8, 4) is 0 Å². The first-order valence-electron chi connectivity index (χ1n) is 5.22. The summed E-state index contributed by atoms with van der Waals surface area (Å²) >= 11 is 1.75. The van der Waals surface area contributed by atoms with Crippen molar-refractivity contribution < 1.29 is 4.84 Å². The molecule has 4 heteroatoms. The van der Waals surface area contributed by atoms with Gasteiger partial charge in [-0.25, -0.2) is 10.9 Å². The van der Waals surface area contributed by atoms with E-state index in [1.807, 2.05) is 12.1 Å². The molecule has 3 nitrogen and oxygen atoms in total. The zero-order valence-corrected chi connectivity index (χ0v) is 10.6. The van der Waals surface area contributed by atoms with Gasteiger partial charge in [0.15, 0.2) is 0 Å². The SMILES string of the molecule is CC(C)(C)c1nc2cc(CON)ccc2s1. The molecule has 0 unspecified atom stereocenters. The minimum Gasteiger partial charge on any atom is -0.300 e. The topological polar surface area (TPSA) is 48.1 Å². The van der Waals surface area contributed by atoms with Gasteiger partial charge in [-0.2, -0.15) is 0 Å². The Bertz CT molecular complexity index is 499. The zero-order valence-electron chi connectivity index (χ0n) is 9.78. The highest BCUT2D eigenvalue weighted by molar-refractivity contribution is 7.18. The van der Waals surface area contributed by atoms with Gasteiger partial charge < -0.3 is 0 Å². The fourth-order valence-corrected chi connectivity index (χ4v) is 2.48. The molecule has 0 aliphatic carbocycles. The molecule has 1 aromatic carbocycles. The number of rotatable bonds is 2. The molecule has 0 saturated carbocycles. The highest BCUT2D eigenvalue weighted by atomic mass is 32.1. The monoisotopic (exact) mass is 236 g/mol. The van der Waals surface area contributed by atoms with Crippen LogP contribution < -0.4 is 5.90 Å². The van der Waals surface area contributed by atoms with E-state index in [9.17, 15) is 0 Å². The van der Waals surface area contributed by atoms with E-state index < -0.39 is 0 Å². The van der Waals surface area contributed by atoms with Gasteiger partial charge >= 0.3 is 0 Å². The predicted octanol–water partition coefficient (Wildman–Crippen LogP) is 2.98. The lowest BCUT2D eigenvalue weighted by molar-refractivity contribution is 0.124. The van der Waals surface area contributed by atoms with E-state index in [2.05, 4.69) is 36.7 Å². The highest BCUT2D eigenvalue weighted by Gasteiger charge is 2.18. The van der Waals surface area contributed by atoms with Crippen LogP contribution in [0.15, 0.2) is 18.2 Å². The van der Waals surface area contributed by atoms with Gasteiger partial charge in [-0.15, -0.1) is 11.3 Å². The summed E-state index contributed by atoms with van der Waals surface area (Å²) in [6.07, 6.45) is 0. The summed E-state index contributed by atoms with van der Waals surface area (Å²) in [5.74, 6) is 5.06. The van der Waals surface area contributed by atoms with Crippen molar-refractivity contribution in [2.24, 2.45) is 5.90 Å². The second-order valence-electron chi connectivity index (χ2n) is 4.88. The van der Waals surface area contributed by atoms with Gasteiger partial charge in [0.1, 0.15) is 0 Å². The molecule has 0 fully saturated rings. The van der Waals surface area contributed by atoms with E-state index in [1.54, 1.807) is 11.3 Å². The number of benzene rings is 1. The molecule has 0 amide bonds. The fourth-order valence-electron chi connectivity index (χ4n) is 1.48. The predicted molar refractivity (Wildman–Crippen MR) is 67.3 cm³/mol. The number of fused-ring (bicyclic) bond motifs is 1. The smallest absolute Gasteiger partial charge is 0.0992 e. The van der Waals surface area contributed by atoms with Crippen LogP contribution in [0.5, 0.6) is 0 Å². The molecule has 1 heterocycles.